The predicted octanol–water partition coefficient (Wildman–Crippen LogP) is 4.19. The standard InChI is InChI=1S/C19H17F3N2O3.ClH/c20-19(21,22)27-15-4-1-13(2-5-15)14-3-6-17-16(9-14)24(18(25)26-17)11-12-7-8-23-10-12;/h1-6,9,12,23H,7-8,10-11H2;1H/t12-;/m1./s1. The molecular weight excluding hydrogens is 397 g/mol. The molecule has 1 atom stereocenters. The highest BCUT2D eigenvalue weighted by atomic mass is 35.5. The van der Waals surface area contributed by atoms with Crippen molar-refractivity contribution in [1.82, 2.24) is 9.88 Å². The highest BCUT2D eigenvalue weighted by Crippen LogP contribution is 2.28. The molecule has 0 aliphatic carbocycles. The lowest BCUT2D eigenvalue weighted by Crippen LogP contribution is -2.21. The summed E-state index contributed by atoms with van der Waals surface area (Å²) in [6.07, 6.45) is -3.72. The van der Waals surface area contributed by atoms with Gasteiger partial charge in [0.2, 0.25) is 0 Å². The second-order valence-corrected chi connectivity index (χ2v) is 6.59. The third-order valence-electron chi connectivity index (χ3n) is 4.69. The van der Waals surface area contributed by atoms with Crippen molar-refractivity contribution in [2.45, 2.75) is 19.3 Å². The lowest BCUT2D eigenvalue weighted by Gasteiger charge is -2.10. The van der Waals surface area contributed by atoms with Crippen molar-refractivity contribution in [3.05, 3.63) is 53.0 Å². The number of oxazole rings is 1. The van der Waals surface area contributed by atoms with Crippen LogP contribution >= 0.6 is 12.4 Å². The Morgan fingerprint density at radius 3 is 2.50 bits per heavy atom. The van der Waals surface area contributed by atoms with Crippen molar-refractivity contribution in [2.24, 2.45) is 5.92 Å². The summed E-state index contributed by atoms with van der Waals surface area (Å²) in [4.78, 5) is 12.2. The Balaban J connectivity index is 0.00000225. The molecule has 150 valence electrons. The van der Waals surface area contributed by atoms with E-state index in [0.29, 0.717) is 29.1 Å². The van der Waals surface area contributed by atoms with E-state index >= 15 is 0 Å². The molecule has 1 aliphatic rings. The average Bonchev–Trinajstić information content (AvgIpc) is 3.23. The minimum absolute atomic E-state index is 0. The molecule has 0 bridgehead atoms. The lowest BCUT2D eigenvalue weighted by atomic mass is 10.0. The molecule has 2 heterocycles. The molecule has 4 rings (SSSR count). The van der Waals surface area contributed by atoms with Gasteiger partial charge >= 0.3 is 12.1 Å². The van der Waals surface area contributed by atoms with Gasteiger partial charge in [-0.25, -0.2) is 4.79 Å². The van der Waals surface area contributed by atoms with Gasteiger partial charge in [0, 0.05) is 6.54 Å². The molecule has 0 unspecified atom stereocenters. The number of aromatic nitrogens is 1. The van der Waals surface area contributed by atoms with Crippen molar-refractivity contribution < 1.29 is 22.3 Å². The first-order chi connectivity index (χ1) is 12.9. The second kappa shape index (κ2) is 7.89. The Kier molecular flexibility index (Phi) is 5.71. The quantitative estimate of drug-likeness (QED) is 0.695. The van der Waals surface area contributed by atoms with Crippen molar-refractivity contribution >= 4 is 23.5 Å². The third kappa shape index (κ3) is 4.34. The zero-order valence-electron chi connectivity index (χ0n) is 14.7. The van der Waals surface area contributed by atoms with Gasteiger partial charge in [0.25, 0.3) is 0 Å². The van der Waals surface area contributed by atoms with Crippen molar-refractivity contribution in [3.8, 4) is 16.9 Å². The number of hydrogen-bond donors (Lipinski definition) is 1. The molecule has 1 aliphatic heterocycles. The first kappa shape index (κ1) is 20.3. The number of halogens is 4. The Morgan fingerprint density at radius 1 is 1.14 bits per heavy atom. The summed E-state index contributed by atoms with van der Waals surface area (Å²) in [5, 5.41) is 3.27. The molecule has 0 saturated carbocycles. The van der Waals surface area contributed by atoms with E-state index in [1.807, 2.05) is 6.07 Å². The van der Waals surface area contributed by atoms with Crippen LogP contribution < -0.4 is 15.8 Å². The van der Waals surface area contributed by atoms with Gasteiger partial charge in [-0.05, 0) is 60.8 Å². The number of fused-ring (bicyclic) bond motifs is 1. The van der Waals surface area contributed by atoms with Crippen molar-refractivity contribution in [3.63, 3.8) is 0 Å². The van der Waals surface area contributed by atoms with Gasteiger partial charge in [-0.2, -0.15) is 0 Å². The van der Waals surface area contributed by atoms with E-state index in [1.165, 1.54) is 12.1 Å². The Hall–Kier alpha value is -2.45. The normalized spacial score (nSPS) is 16.9. The Morgan fingerprint density at radius 2 is 1.86 bits per heavy atom. The summed E-state index contributed by atoms with van der Waals surface area (Å²) in [5.74, 6) is -0.310. The maximum absolute atomic E-state index is 12.3. The van der Waals surface area contributed by atoms with E-state index in [0.717, 1.165) is 25.1 Å². The molecule has 5 nitrogen and oxygen atoms in total. The Labute approximate surface area is 164 Å². The van der Waals surface area contributed by atoms with Crippen LogP contribution in [-0.2, 0) is 6.54 Å². The van der Waals surface area contributed by atoms with Gasteiger partial charge in [-0.1, -0.05) is 18.2 Å². The van der Waals surface area contributed by atoms with Crippen LogP contribution in [0.2, 0.25) is 0 Å². The third-order valence-corrected chi connectivity index (χ3v) is 4.69. The minimum Gasteiger partial charge on any atom is -0.408 e. The van der Waals surface area contributed by atoms with Crippen LogP contribution in [0.25, 0.3) is 22.2 Å². The van der Waals surface area contributed by atoms with Crippen LogP contribution in [0.5, 0.6) is 5.75 Å². The van der Waals surface area contributed by atoms with Gasteiger partial charge in [0.05, 0.1) is 5.52 Å². The highest BCUT2D eigenvalue weighted by Gasteiger charge is 2.31. The van der Waals surface area contributed by atoms with E-state index in [1.54, 1.807) is 28.8 Å². The number of ether oxygens (including phenoxy) is 1. The maximum Gasteiger partial charge on any atom is 0.573 e. The number of rotatable bonds is 4. The molecule has 2 aromatic carbocycles. The van der Waals surface area contributed by atoms with Gasteiger partial charge in [-0.3, -0.25) is 4.57 Å². The summed E-state index contributed by atoms with van der Waals surface area (Å²) in [5.41, 5.74) is 2.67. The molecule has 1 N–H and O–H groups in total. The van der Waals surface area contributed by atoms with Gasteiger partial charge in [0.15, 0.2) is 5.58 Å². The number of alkyl halides is 3. The molecule has 1 aromatic heterocycles. The fraction of sp³-hybridized carbons (Fsp3) is 0.316. The summed E-state index contributed by atoms with van der Waals surface area (Å²) in [6.45, 7) is 2.37. The van der Waals surface area contributed by atoms with Crippen LogP contribution in [0.3, 0.4) is 0 Å². The van der Waals surface area contributed by atoms with E-state index < -0.39 is 12.1 Å². The van der Waals surface area contributed by atoms with Crippen LogP contribution in [-0.4, -0.2) is 24.0 Å². The zero-order valence-corrected chi connectivity index (χ0v) is 15.5. The fourth-order valence-corrected chi connectivity index (χ4v) is 3.39. The molecule has 28 heavy (non-hydrogen) atoms. The number of hydrogen-bond acceptors (Lipinski definition) is 4. The van der Waals surface area contributed by atoms with Crippen LogP contribution in [0, 0.1) is 5.92 Å². The van der Waals surface area contributed by atoms with Gasteiger partial charge < -0.3 is 14.5 Å². The maximum atomic E-state index is 12.3. The smallest absolute Gasteiger partial charge is 0.408 e. The zero-order chi connectivity index (χ0) is 19.0. The molecule has 1 fully saturated rings. The molecule has 0 amide bonds. The molecule has 0 radical (unpaired) electrons. The fourth-order valence-electron chi connectivity index (χ4n) is 3.39. The van der Waals surface area contributed by atoms with Gasteiger partial charge in [0.1, 0.15) is 5.75 Å². The minimum atomic E-state index is -4.72. The summed E-state index contributed by atoms with van der Waals surface area (Å²) in [6, 6.07) is 10.9. The first-order valence-corrected chi connectivity index (χ1v) is 8.59. The summed E-state index contributed by atoms with van der Waals surface area (Å²) < 4.78 is 47.7. The van der Waals surface area contributed by atoms with E-state index in [9.17, 15) is 18.0 Å². The second-order valence-electron chi connectivity index (χ2n) is 6.59. The molecular formula is C19H18ClF3N2O3. The number of benzene rings is 2. The van der Waals surface area contributed by atoms with Crippen LogP contribution in [0.4, 0.5) is 13.2 Å². The van der Waals surface area contributed by atoms with Crippen molar-refractivity contribution in [1.29, 1.82) is 0 Å². The highest BCUT2D eigenvalue weighted by molar-refractivity contribution is 5.85. The predicted molar refractivity (Wildman–Crippen MR) is 101 cm³/mol. The molecule has 3 aromatic rings. The molecule has 0 spiro atoms. The van der Waals surface area contributed by atoms with E-state index in [2.05, 4.69) is 10.1 Å². The SMILES string of the molecule is Cl.O=c1oc2ccc(-c3ccc(OC(F)(F)F)cc3)cc2n1C[C@@H]1CCNC1. The van der Waals surface area contributed by atoms with Crippen molar-refractivity contribution in [2.75, 3.05) is 13.1 Å². The monoisotopic (exact) mass is 414 g/mol. The Bertz CT molecular complexity index is 1010. The first-order valence-electron chi connectivity index (χ1n) is 8.59. The molecule has 9 heteroatoms. The van der Waals surface area contributed by atoms with E-state index in [-0.39, 0.29) is 18.2 Å². The summed E-state index contributed by atoms with van der Waals surface area (Å²) in [7, 11) is 0. The lowest BCUT2D eigenvalue weighted by molar-refractivity contribution is -0.274. The molecule has 1 saturated heterocycles. The van der Waals surface area contributed by atoms with Crippen LogP contribution in [0.1, 0.15) is 6.42 Å². The topological polar surface area (TPSA) is 56.4 Å². The average molecular weight is 415 g/mol. The van der Waals surface area contributed by atoms with Gasteiger partial charge in [-0.15, -0.1) is 25.6 Å². The number of nitrogens with zero attached hydrogens (tertiary/aromatic N) is 1. The van der Waals surface area contributed by atoms with E-state index in [4.69, 9.17) is 4.42 Å². The number of nitrogens with one attached hydrogen (secondary N) is 1. The van der Waals surface area contributed by atoms with Crippen LogP contribution in [0.15, 0.2) is 51.7 Å². The summed E-state index contributed by atoms with van der Waals surface area (Å²) >= 11 is 0. The largest absolute Gasteiger partial charge is 0.573 e.